The predicted molar refractivity (Wildman–Crippen MR) is 112 cm³/mol. The molecule has 0 bridgehead atoms. The molecule has 4 nitrogen and oxygen atoms in total. The second-order valence-electron chi connectivity index (χ2n) is 7.92. The average molecular weight is 377 g/mol. The standard InChI is InChI=1S/C24H28N2O2/c1-5-28-23(27)22-17-21(19-11-13-20(14-12-19)24(2,3)4)25-26(22)16-15-18-9-7-6-8-10-18/h6-14,17H,5,15-16H2,1-4H3. The summed E-state index contributed by atoms with van der Waals surface area (Å²) >= 11 is 0. The maximum atomic E-state index is 12.4. The van der Waals surface area contributed by atoms with Gasteiger partial charge in [0.25, 0.3) is 0 Å². The summed E-state index contributed by atoms with van der Waals surface area (Å²) in [4.78, 5) is 12.4. The topological polar surface area (TPSA) is 44.1 Å². The average Bonchev–Trinajstić information content (AvgIpc) is 3.11. The summed E-state index contributed by atoms with van der Waals surface area (Å²) in [6, 6.07) is 20.4. The van der Waals surface area contributed by atoms with Crippen LogP contribution in [0.5, 0.6) is 0 Å². The molecule has 3 rings (SSSR count). The summed E-state index contributed by atoms with van der Waals surface area (Å²) in [5.74, 6) is -0.333. The lowest BCUT2D eigenvalue weighted by Gasteiger charge is -2.18. The molecule has 0 amide bonds. The number of hydrogen-bond acceptors (Lipinski definition) is 3. The fourth-order valence-corrected chi connectivity index (χ4v) is 3.12. The van der Waals surface area contributed by atoms with Crippen LogP contribution in [0.2, 0.25) is 0 Å². The van der Waals surface area contributed by atoms with Crippen molar-refractivity contribution in [2.24, 2.45) is 0 Å². The number of nitrogens with zero attached hydrogens (tertiary/aromatic N) is 2. The zero-order chi connectivity index (χ0) is 20.1. The van der Waals surface area contributed by atoms with Crippen molar-refractivity contribution in [3.05, 3.63) is 77.5 Å². The first kappa shape index (κ1) is 19.9. The SMILES string of the molecule is CCOC(=O)c1cc(-c2ccc(C(C)(C)C)cc2)nn1CCc1ccccc1. The molecule has 0 aliphatic heterocycles. The summed E-state index contributed by atoms with van der Waals surface area (Å²) in [6.07, 6.45) is 0.803. The second-order valence-corrected chi connectivity index (χ2v) is 7.92. The largest absolute Gasteiger partial charge is 0.461 e. The van der Waals surface area contributed by atoms with Gasteiger partial charge in [-0.15, -0.1) is 0 Å². The zero-order valence-electron chi connectivity index (χ0n) is 17.1. The lowest BCUT2D eigenvalue weighted by atomic mass is 9.86. The predicted octanol–water partition coefficient (Wildman–Crippen LogP) is 5.27. The molecule has 0 saturated heterocycles. The maximum Gasteiger partial charge on any atom is 0.356 e. The van der Waals surface area contributed by atoms with Gasteiger partial charge in [0, 0.05) is 12.1 Å². The highest BCUT2D eigenvalue weighted by atomic mass is 16.5. The molecular formula is C24H28N2O2. The van der Waals surface area contributed by atoms with E-state index in [9.17, 15) is 4.79 Å². The van der Waals surface area contributed by atoms with Crippen molar-refractivity contribution < 1.29 is 9.53 Å². The van der Waals surface area contributed by atoms with Crippen LogP contribution in [0.4, 0.5) is 0 Å². The molecule has 1 heterocycles. The van der Waals surface area contributed by atoms with Crippen LogP contribution >= 0.6 is 0 Å². The Hall–Kier alpha value is -2.88. The van der Waals surface area contributed by atoms with E-state index in [1.165, 1.54) is 11.1 Å². The lowest BCUT2D eigenvalue weighted by molar-refractivity contribution is 0.0511. The number of rotatable bonds is 6. The molecule has 0 unspecified atom stereocenters. The van der Waals surface area contributed by atoms with Crippen molar-refractivity contribution in [2.75, 3.05) is 6.61 Å². The van der Waals surface area contributed by atoms with Crippen LogP contribution in [-0.4, -0.2) is 22.4 Å². The third-order valence-corrected chi connectivity index (χ3v) is 4.77. The number of carbonyl (C=O) groups is 1. The minimum atomic E-state index is -0.333. The molecular weight excluding hydrogens is 348 g/mol. The molecule has 0 radical (unpaired) electrons. The van der Waals surface area contributed by atoms with E-state index in [1.807, 2.05) is 31.2 Å². The number of aromatic nitrogens is 2. The molecule has 0 aliphatic rings. The zero-order valence-corrected chi connectivity index (χ0v) is 17.1. The van der Waals surface area contributed by atoms with Crippen molar-refractivity contribution >= 4 is 5.97 Å². The third-order valence-electron chi connectivity index (χ3n) is 4.77. The van der Waals surface area contributed by atoms with Gasteiger partial charge in [-0.3, -0.25) is 4.68 Å². The third kappa shape index (κ3) is 4.69. The van der Waals surface area contributed by atoms with E-state index < -0.39 is 0 Å². The number of esters is 1. The van der Waals surface area contributed by atoms with Crippen LogP contribution < -0.4 is 0 Å². The Morgan fingerprint density at radius 2 is 1.71 bits per heavy atom. The van der Waals surface area contributed by atoms with Crippen LogP contribution in [0.15, 0.2) is 60.7 Å². The molecule has 0 atom stereocenters. The van der Waals surface area contributed by atoms with Gasteiger partial charge in [-0.25, -0.2) is 4.79 Å². The number of hydrogen-bond donors (Lipinski definition) is 0. The van der Waals surface area contributed by atoms with E-state index in [1.54, 1.807) is 4.68 Å². The molecule has 0 saturated carbocycles. The molecule has 0 fully saturated rings. The molecule has 0 spiro atoms. The molecule has 0 N–H and O–H groups in total. The fourth-order valence-electron chi connectivity index (χ4n) is 3.12. The van der Waals surface area contributed by atoms with Crippen molar-refractivity contribution in [2.45, 2.75) is 46.1 Å². The van der Waals surface area contributed by atoms with Gasteiger partial charge in [0.15, 0.2) is 0 Å². The van der Waals surface area contributed by atoms with Gasteiger partial charge in [-0.05, 0) is 36.0 Å². The lowest BCUT2D eigenvalue weighted by Crippen LogP contribution is -2.14. The molecule has 2 aromatic carbocycles. The van der Waals surface area contributed by atoms with Crippen molar-refractivity contribution in [3.63, 3.8) is 0 Å². The Labute approximate surface area is 167 Å². The van der Waals surface area contributed by atoms with Crippen LogP contribution in [-0.2, 0) is 23.1 Å². The summed E-state index contributed by atoms with van der Waals surface area (Å²) in [6.45, 7) is 9.36. The Morgan fingerprint density at radius 3 is 2.32 bits per heavy atom. The first-order valence-corrected chi connectivity index (χ1v) is 9.78. The number of aryl methyl sites for hydroxylation is 2. The Balaban J connectivity index is 1.88. The Morgan fingerprint density at radius 1 is 1.04 bits per heavy atom. The van der Waals surface area contributed by atoms with Gasteiger partial charge in [0.1, 0.15) is 5.69 Å². The number of carbonyl (C=O) groups excluding carboxylic acids is 1. The van der Waals surface area contributed by atoms with Gasteiger partial charge in [-0.1, -0.05) is 75.4 Å². The molecule has 1 aromatic heterocycles. The second kappa shape index (κ2) is 8.42. The van der Waals surface area contributed by atoms with E-state index in [0.717, 1.165) is 17.7 Å². The summed E-state index contributed by atoms with van der Waals surface area (Å²) in [7, 11) is 0. The van der Waals surface area contributed by atoms with Gasteiger partial charge >= 0.3 is 5.97 Å². The maximum absolute atomic E-state index is 12.4. The minimum Gasteiger partial charge on any atom is -0.461 e. The molecule has 146 valence electrons. The Bertz CT molecular complexity index is 919. The smallest absolute Gasteiger partial charge is 0.356 e. The van der Waals surface area contributed by atoms with Gasteiger partial charge < -0.3 is 4.74 Å². The van der Waals surface area contributed by atoms with E-state index in [-0.39, 0.29) is 11.4 Å². The van der Waals surface area contributed by atoms with Gasteiger partial charge in [-0.2, -0.15) is 5.10 Å². The molecule has 0 aliphatic carbocycles. The van der Waals surface area contributed by atoms with Crippen molar-refractivity contribution in [1.29, 1.82) is 0 Å². The monoisotopic (exact) mass is 376 g/mol. The van der Waals surface area contributed by atoms with E-state index >= 15 is 0 Å². The molecule has 28 heavy (non-hydrogen) atoms. The van der Waals surface area contributed by atoms with Crippen molar-refractivity contribution in [3.8, 4) is 11.3 Å². The quantitative estimate of drug-likeness (QED) is 0.551. The minimum absolute atomic E-state index is 0.101. The van der Waals surface area contributed by atoms with E-state index in [4.69, 9.17) is 9.84 Å². The fraction of sp³-hybridized carbons (Fsp3) is 0.333. The van der Waals surface area contributed by atoms with Crippen LogP contribution in [0, 0.1) is 0 Å². The summed E-state index contributed by atoms with van der Waals surface area (Å²) < 4.78 is 7.00. The first-order valence-electron chi connectivity index (χ1n) is 9.78. The summed E-state index contributed by atoms with van der Waals surface area (Å²) in [5.41, 5.74) is 4.86. The van der Waals surface area contributed by atoms with E-state index in [2.05, 4.69) is 57.2 Å². The highest BCUT2D eigenvalue weighted by molar-refractivity contribution is 5.89. The van der Waals surface area contributed by atoms with Crippen LogP contribution in [0.3, 0.4) is 0 Å². The molecule has 4 heteroatoms. The van der Waals surface area contributed by atoms with Gasteiger partial charge in [0.2, 0.25) is 0 Å². The van der Waals surface area contributed by atoms with Crippen LogP contribution in [0.1, 0.15) is 49.3 Å². The molecule has 3 aromatic rings. The number of benzene rings is 2. The first-order chi connectivity index (χ1) is 13.4. The van der Waals surface area contributed by atoms with Crippen LogP contribution in [0.25, 0.3) is 11.3 Å². The van der Waals surface area contributed by atoms with E-state index in [0.29, 0.717) is 18.8 Å². The Kier molecular flexibility index (Phi) is 5.98. The van der Waals surface area contributed by atoms with Crippen molar-refractivity contribution in [1.82, 2.24) is 9.78 Å². The normalized spacial score (nSPS) is 11.4. The highest BCUT2D eigenvalue weighted by Crippen LogP contribution is 2.26. The highest BCUT2D eigenvalue weighted by Gasteiger charge is 2.18. The summed E-state index contributed by atoms with van der Waals surface area (Å²) in [5, 5.41) is 4.71. The van der Waals surface area contributed by atoms with Gasteiger partial charge in [0.05, 0.1) is 12.3 Å². The number of ether oxygens (including phenoxy) is 1.